The number of H-pyrrole nitrogens is 1. The van der Waals surface area contributed by atoms with Gasteiger partial charge in [-0.25, -0.2) is 9.97 Å². The number of benzene rings is 2. The number of methoxy groups -OCH3 is 1. The number of pyridine rings is 1. The van der Waals surface area contributed by atoms with Crippen LogP contribution in [0.1, 0.15) is 0 Å². The van der Waals surface area contributed by atoms with E-state index in [1.54, 1.807) is 7.11 Å². The normalized spacial score (nSPS) is 10.8. The molecular weight excluding hydrogens is 286 g/mol. The van der Waals surface area contributed by atoms with Gasteiger partial charge in [-0.15, -0.1) is 0 Å². The van der Waals surface area contributed by atoms with Crippen molar-refractivity contribution in [2.45, 2.75) is 0 Å². The lowest BCUT2D eigenvalue weighted by molar-refractivity contribution is 0.415. The molecule has 0 atom stereocenters. The van der Waals surface area contributed by atoms with E-state index in [-0.39, 0.29) is 0 Å². The number of hydrogen-bond donors (Lipinski definition) is 1. The predicted molar refractivity (Wildman–Crippen MR) is 91.3 cm³/mol. The van der Waals surface area contributed by atoms with Crippen LogP contribution in [-0.4, -0.2) is 22.1 Å². The van der Waals surface area contributed by atoms with Crippen molar-refractivity contribution in [2.24, 2.45) is 0 Å². The zero-order valence-corrected chi connectivity index (χ0v) is 12.7. The van der Waals surface area contributed by atoms with E-state index in [0.29, 0.717) is 0 Å². The molecule has 112 valence electrons. The summed E-state index contributed by atoms with van der Waals surface area (Å²) in [6.45, 7) is 0. The van der Waals surface area contributed by atoms with E-state index >= 15 is 0 Å². The monoisotopic (exact) mass is 301 g/mol. The van der Waals surface area contributed by atoms with Crippen molar-refractivity contribution in [3.05, 3.63) is 66.9 Å². The number of ether oxygens (including phenoxy) is 1. The molecule has 0 unspecified atom stereocenters. The molecule has 0 saturated carbocycles. The van der Waals surface area contributed by atoms with Gasteiger partial charge in [0.15, 0.2) is 5.65 Å². The van der Waals surface area contributed by atoms with Crippen LogP contribution in [0.25, 0.3) is 33.7 Å². The molecule has 0 radical (unpaired) electrons. The fourth-order valence-electron chi connectivity index (χ4n) is 2.59. The number of hydrogen-bond acceptors (Lipinski definition) is 3. The highest BCUT2D eigenvalue weighted by atomic mass is 16.5. The number of nitrogens with one attached hydrogen (secondary N) is 1. The molecule has 4 heteroatoms. The van der Waals surface area contributed by atoms with Gasteiger partial charge in [0.1, 0.15) is 17.1 Å². The number of imidazole rings is 1. The van der Waals surface area contributed by atoms with Crippen molar-refractivity contribution in [2.75, 3.05) is 7.11 Å². The van der Waals surface area contributed by atoms with Gasteiger partial charge in [0.2, 0.25) is 0 Å². The van der Waals surface area contributed by atoms with Crippen molar-refractivity contribution in [1.82, 2.24) is 15.0 Å². The van der Waals surface area contributed by atoms with Crippen LogP contribution >= 0.6 is 0 Å². The van der Waals surface area contributed by atoms with E-state index in [1.807, 2.05) is 66.9 Å². The second-order valence-corrected chi connectivity index (χ2v) is 5.28. The number of aromatic nitrogens is 3. The SMILES string of the molecule is COc1cccc(-c2cnc3[nH]c(-c4ccccc4)nc3c2)c1. The Kier molecular flexibility index (Phi) is 3.27. The minimum absolute atomic E-state index is 0.787. The Bertz CT molecular complexity index is 961. The molecule has 0 saturated heterocycles. The van der Waals surface area contributed by atoms with E-state index in [0.717, 1.165) is 39.4 Å². The van der Waals surface area contributed by atoms with Crippen LogP contribution in [0.5, 0.6) is 5.75 Å². The molecule has 0 bridgehead atoms. The zero-order chi connectivity index (χ0) is 15.6. The van der Waals surface area contributed by atoms with Crippen LogP contribution in [0.2, 0.25) is 0 Å². The molecule has 2 aromatic heterocycles. The molecule has 0 aliphatic rings. The van der Waals surface area contributed by atoms with Crippen LogP contribution in [0.15, 0.2) is 66.9 Å². The Hall–Kier alpha value is -3.14. The molecule has 4 rings (SSSR count). The van der Waals surface area contributed by atoms with Crippen molar-refractivity contribution < 1.29 is 4.74 Å². The quantitative estimate of drug-likeness (QED) is 0.614. The van der Waals surface area contributed by atoms with Crippen molar-refractivity contribution in [3.63, 3.8) is 0 Å². The zero-order valence-electron chi connectivity index (χ0n) is 12.7. The number of nitrogens with zero attached hydrogens (tertiary/aromatic N) is 2. The summed E-state index contributed by atoms with van der Waals surface area (Å²) in [5.74, 6) is 1.66. The topological polar surface area (TPSA) is 50.8 Å². The Morgan fingerprint density at radius 1 is 0.870 bits per heavy atom. The van der Waals surface area contributed by atoms with E-state index in [4.69, 9.17) is 4.74 Å². The molecule has 23 heavy (non-hydrogen) atoms. The summed E-state index contributed by atoms with van der Waals surface area (Å²) in [5, 5.41) is 0. The Morgan fingerprint density at radius 3 is 2.52 bits per heavy atom. The first-order valence-corrected chi connectivity index (χ1v) is 7.39. The third kappa shape index (κ3) is 2.55. The van der Waals surface area contributed by atoms with Gasteiger partial charge in [-0.2, -0.15) is 0 Å². The maximum atomic E-state index is 5.28. The van der Waals surface area contributed by atoms with Gasteiger partial charge in [-0.05, 0) is 23.8 Å². The molecule has 0 fully saturated rings. The molecule has 2 aromatic carbocycles. The third-order valence-corrected chi connectivity index (χ3v) is 3.79. The first-order valence-electron chi connectivity index (χ1n) is 7.39. The Balaban J connectivity index is 1.79. The summed E-state index contributed by atoms with van der Waals surface area (Å²) >= 11 is 0. The number of rotatable bonds is 3. The summed E-state index contributed by atoms with van der Waals surface area (Å²) < 4.78 is 5.28. The molecule has 2 heterocycles. The lowest BCUT2D eigenvalue weighted by Crippen LogP contribution is -1.85. The fraction of sp³-hybridized carbons (Fsp3) is 0.0526. The molecule has 0 amide bonds. The highest BCUT2D eigenvalue weighted by molar-refractivity contribution is 5.81. The van der Waals surface area contributed by atoms with Gasteiger partial charge < -0.3 is 9.72 Å². The van der Waals surface area contributed by atoms with E-state index in [9.17, 15) is 0 Å². The number of fused-ring (bicyclic) bond motifs is 1. The minimum atomic E-state index is 0.787. The lowest BCUT2D eigenvalue weighted by Gasteiger charge is -2.04. The van der Waals surface area contributed by atoms with Gasteiger partial charge in [-0.1, -0.05) is 42.5 Å². The van der Waals surface area contributed by atoms with Gasteiger partial charge in [0.05, 0.1) is 7.11 Å². The van der Waals surface area contributed by atoms with E-state index < -0.39 is 0 Å². The summed E-state index contributed by atoms with van der Waals surface area (Å²) in [7, 11) is 1.67. The highest BCUT2D eigenvalue weighted by Crippen LogP contribution is 2.26. The standard InChI is InChI=1S/C19H15N3O/c1-23-16-9-5-8-14(10-16)15-11-17-19(20-12-15)22-18(21-17)13-6-3-2-4-7-13/h2-12H,1H3,(H,20,21,22). The van der Waals surface area contributed by atoms with Gasteiger partial charge in [0, 0.05) is 17.3 Å². The van der Waals surface area contributed by atoms with Crippen molar-refractivity contribution in [3.8, 4) is 28.3 Å². The van der Waals surface area contributed by atoms with Crippen LogP contribution < -0.4 is 4.74 Å². The first-order chi connectivity index (χ1) is 11.3. The number of aromatic amines is 1. The Morgan fingerprint density at radius 2 is 1.70 bits per heavy atom. The maximum Gasteiger partial charge on any atom is 0.157 e. The van der Waals surface area contributed by atoms with E-state index in [1.165, 1.54) is 0 Å². The van der Waals surface area contributed by atoms with E-state index in [2.05, 4.69) is 15.0 Å². The highest BCUT2D eigenvalue weighted by Gasteiger charge is 2.08. The smallest absolute Gasteiger partial charge is 0.157 e. The Labute approximate surface area is 133 Å². The average Bonchev–Trinajstić information content (AvgIpc) is 3.06. The summed E-state index contributed by atoms with van der Waals surface area (Å²) in [6, 6.07) is 20.0. The summed E-state index contributed by atoms with van der Waals surface area (Å²) in [5.41, 5.74) is 4.76. The van der Waals surface area contributed by atoms with Crippen LogP contribution in [0, 0.1) is 0 Å². The van der Waals surface area contributed by atoms with Gasteiger partial charge >= 0.3 is 0 Å². The molecule has 1 N–H and O–H groups in total. The molecular formula is C19H15N3O. The second kappa shape index (κ2) is 5.57. The molecule has 0 spiro atoms. The minimum Gasteiger partial charge on any atom is -0.497 e. The summed E-state index contributed by atoms with van der Waals surface area (Å²) in [4.78, 5) is 12.4. The molecule has 4 nitrogen and oxygen atoms in total. The molecule has 0 aliphatic heterocycles. The lowest BCUT2D eigenvalue weighted by atomic mass is 10.1. The maximum absolute atomic E-state index is 5.28. The first kappa shape index (κ1) is 13.5. The van der Waals surface area contributed by atoms with Crippen LogP contribution in [0.3, 0.4) is 0 Å². The average molecular weight is 301 g/mol. The van der Waals surface area contributed by atoms with Crippen molar-refractivity contribution in [1.29, 1.82) is 0 Å². The summed E-state index contributed by atoms with van der Waals surface area (Å²) in [6.07, 6.45) is 1.85. The van der Waals surface area contributed by atoms with Crippen LogP contribution in [-0.2, 0) is 0 Å². The fourth-order valence-corrected chi connectivity index (χ4v) is 2.59. The van der Waals surface area contributed by atoms with Gasteiger partial charge in [0.25, 0.3) is 0 Å². The van der Waals surface area contributed by atoms with Gasteiger partial charge in [-0.3, -0.25) is 0 Å². The second-order valence-electron chi connectivity index (χ2n) is 5.28. The molecule has 0 aliphatic carbocycles. The van der Waals surface area contributed by atoms with Crippen molar-refractivity contribution >= 4 is 11.2 Å². The predicted octanol–water partition coefficient (Wildman–Crippen LogP) is 4.30. The largest absolute Gasteiger partial charge is 0.497 e. The molecule has 4 aromatic rings. The third-order valence-electron chi connectivity index (χ3n) is 3.79. The van der Waals surface area contributed by atoms with Crippen LogP contribution in [0.4, 0.5) is 0 Å².